The van der Waals surface area contributed by atoms with Gasteiger partial charge in [-0.25, -0.2) is 0 Å². The third-order valence-corrected chi connectivity index (χ3v) is 3.37. The van der Waals surface area contributed by atoms with Gasteiger partial charge < -0.3 is 10.2 Å². The fraction of sp³-hybridized carbons (Fsp3) is 0.222. The highest BCUT2D eigenvalue weighted by Crippen LogP contribution is 2.04. The monoisotopic (exact) mass is 296 g/mol. The van der Waals surface area contributed by atoms with Crippen molar-refractivity contribution in [1.29, 1.82) is 0 Å². The summed E-state index contributed by atoms with van der Waals surface area (Å²) in [6.07, 6.45) is 0. The van der Waals surface area contributed by atoms with Crippen LogP contribution in [0.3, 0.4) is 0 Å². The summed E-state index contributed by atoms with van der Waals surface area (Å²) in [7, 11) is 1.73. The topological polar surface area (TPSA) is 49.4 Å². The highest BCUT2D eigenvalue weighted by Gasteiger charge is 2.12. The Labute approximate surface area is 130 Å². The molecular formula is C18H20N2O2. The van der Waals surface area contributed by atoms with Gasteiger partial charge in [0.25, 0.3) is 5.91 Å². The molecule has 22 heavy (non-hydrogen) atoms. The summed E-state index contributed by atoms with van der Waals surface area (Å²) >= 11 is 0. The van der Waals surface area contributed by atoms with Gasteiger partial charge in [0, 0.05) is 19.2 Å². The smallest absolute Gasteiger partial charge is 0.251 e. The predicted molar refractivity (Wildman–Crippen MR) is 86.4 cm³/mol. The molecular weight excluding hydrogens is 276 g/mol. The van der Waals surface area contributed by atoms with Crippen molar-refractivity contribution in [2.24, 2.45) is 0 Å². The minimum atomic E-state index is -0.231. The van der Waals surface area contributed by atoms with Gasteiger partial charge in [-0.1, -0.05) is 48.0 Å². The van der Waals surface area contributed by atoms with E-state index < -0.39 is 0 Å². The first-order chi connectivity index (χ1) is 10.6. The zero-order valence-corrected chi connectivity index (χ0v) is 12.9. The maximum Gasteiger partial charge on any atom is 0.251 e. The van der Waals surface area contributed by atoms with Crippen molar-refractivity contribution in [3.8, 4) is 0 Å². The van der Waals surface area contributed by atoms with Crippen molar-refractivity contribution >= 4 is 11.8 Å². The van der Waals surface area contributed by atoms with Crippen molar-refractivity contribution < 1.29 is 9.59 Å². The summed E-state index contributed by atoms with van der Waals surface area (Å²) in [4.78, 5) is 25.7. The highest BCUT2D eigenvalue weighted by molar-refractivity contribution is 5.96. The second kappa shape index (κ2) is 7.41. The first-order valence-electron chi connectivity index (χ1n) is 7.19. The molecule has 114 valence electrons. The Balaban J connectivity index is 1.85. The first-order valence-corrected chi connectivity index (χ1v) is 7.19. The lowest BCUT2D eigenvalue weighted by molar-refractivity contribution is -0.129. The Kier molecular flexibility index (Phi) is 5.31. The average Bonchev–Trinajstić information content (AvgIpc) is 2.53. The Bertz CT molecular complexity index is 653. The lowest BCUT2D eigenvalue weighted by atomic mass is 10.1. The van der Waals surface area contributed by atoms with Gasteiger partial charge in [0.1, 0.15) is 0 Å². The molecule has 2 aromatic carbocycles. The molecule has 0 radical (unpaired) electrons. The molecule has 2 amide bonds. The molecule has 2 rings (SSSR count). The number of amides is 2. The molecule has 4 heteroatoms. The lowest BCUT2D eigenvalue weighted by Crippen LogP contribution is -2.37. The number of hydrogen-bond acceptors (Lipinski definition) is 2. The van der Waals surface area contributed by atoms with E-state index in [-0.39, 0.29) is 18.4 Å². The molecule has 0 aliphatic carbocycles. The van der Waals surface area contributed by atoms with E-state index in [0.29, 0.717) is 12.1 Å². The molecule has 0 saturated carbocycles. The van der Waals surface area contributed by atoms with E-state index >= 15 is 0 Å². The van der Waals surface area contributed by atoms with Crippen LogP contribution in [0.2, 0.25) is 0 Å². The molecule has 4 nitrogen and oxygen atoms in total. The zero-order valence-electron chi connectivity index (χ0n) is 12.9. The minimum absolute atomic E-state index is 0.00386. The van der Waals surface area contributed by atoms with Gasteiger partial charge >= 0.3 is 0 Å². The fourth-order valence-corrected chi connectivity index (χ4v) is 2.12. The number of likely N-dealkylation sites (N-methyl/N-ethyl adjacent to an activating group) is 1. The quantitative estimate of drug-likeness (QED) is 0.921. The van der Waals surface area contributed by atoms with Crippen LogP contribution in [-0.4, -0.2) is 30.3 Å². The maximum absolute atomic E-state index is 12.1. The van der Waals surface area contributed by atoms with Gasteiger partial charge in [-0.3, -0.25) is 9.59 Å². The molecule has 2 aromatic rings. The summed E-state index contributed by atoms with van der Waals surface area (Å²) in [5, 5.41) is 2.66. The second-order valence-corrected chi connectivity index (χ2v) is 5.29. The summed E-state index contributed by atoms with van der Waals surface area (Å²) < 4.78 is 0. The van der Waals surface area contributed by atoms with Crippen LogP contribution >= 0.6 is 0 Å². The SMILES string of the molecule is Cc1cccc(C(=O)NCC(=O)N(C)Cc2ccccc2)c1. The number of benzene rings is 2. The van der Waals surface area contributed by atoms with Crippen LogP contribution in [0.1, 0.15) is 21.5 Å². The third kappa shape index (κ3) is 4.45. The number of nitrogens with zero attached hydrogens (tertiary/aromatic N) is 1. The molecule has 0 saturated heterocycles. The highest BCUT2D eigenvalue weighted by atomic mass is 16.2. The van der Waals surface area contributed by atoms with Crippen LogP contribution in [-0.2, 0) is 11.3 Å². The minimum Gasteiger partial charge on any atom is -0.343 e. The van der Waals surface area contributed by atoms with Crippen LogP contribution in [0.15, 0.2) is 54.6 Å². The summed E-state index contributed by atoms with van der Waals surface area (Å²) in [5.41, 5.74) is 2.64. The Hall–Kier alpha value is -2.62. The van der Waals surface area contributed by atoms with E-state index in [1.807, 2.05) is 49.4 Å². The Morgan fingerprint density at radius 2 is 1.77 bits per heavy atom. The lowest BCUT2D eigenvalue weighted by Gasteiger charge is -2.17. The van der Waals surface area contributed by atoms with E-state index in [9.17, 15) is 9.59 Å². The van der Waals surface area contributed by atoms with Crippen LogP contribution < -0.4 is 5.32 Å². The van der Waals surface area contributed by atoms with Crippen LogP contribution in [0.5, 0.6) is 0 Å². The maximum atomic E-state index is 12.1. The van der Waals surface area contributed by atoms with Crippen molar-refractivity contribution in [3.63, 3.8) is 0 Å². The number of nitrogens with one attached hydrogen (secondary N) is 1. The molecule has 1 N–H and O–H groups in total. The molecule has 0 atom stereocenters. The summed E-state index contributed by atoms with van der Waals surface area (Å²) in [6.45, 7) is 2.45. The molecule has 0 bridgehead atoms. The van der Waals surface area contributed by atoms with Gasteiger partial charge in [-0.15, -0.1) is 0 Å². The molecule has 0 unspecified atom stereocenters. The van der Waals surface area contributed by atoms with Gasteiger partial charge in [0.15, 0.2) is 0 Å². The van der Waals surface area contributed by atoms with Crippen LogP contribution in [0, 0.1) is 6.92 Å². The van der Waals surface area contributed by atoms with E-state index in [1.54, 1.807) is 24.1 Å². The molecule has 0 spiro atoms. The van der Waals surface area contributed by atoms with Crippen molar-refractivity contribution in [2.75, 3.05) is 13.6 Å². The van der Waals surface area contributed by atoms with E-state index in [0.717, 1.165) is 11.1 Å². The number of hydrogen-bond donors (Lipinski definition) is 1. The summed E-state index contributed by atoms with van der Waals surface area (Å²) in [5.74, 6) is -0.352. The Morgan fingerprint density at radius 1 is 1.05 bits per heavy atom. The van der Waals surface area contributed by atoms with Gasteiger partial charge in [0.2, 0.25) is 5.91 Å². The van der Waals surface area contributed by atoms with E-state index in [2.05, 4.69) is 5.32 Å². The molecule has 0 fully saturated rings. The number of aryl methyl sites for hydroxylation is 1. The molecule has 0 aliphatic heterocycles. The first kappa shape index (κ1) is 15.8. The van der Waals surface area contributed by atoms with Crippen LogP contribution in [0.25, 0.3) is 0 Å². The number of rotatable bonds is 5. The molecule has 0 aliphatic rings. The standard InChI is InChI=1S/C18H20N2O2/c1-14-7-6-10-16(11-14)18(22)19-12-17(21)20(2)13-15-8-4-3-5-9-15/h3-11H,12-13H2,1-2H3,(H,19,22). The largest absolute Gasteiger partial charge is 0.343 e. The average molecular weight is 296 g/mol. The second-order valence-electron chi connectivity index (χ2n) is 5.29. The van der Waals surface area contributed by atoms with Crippen molar-refractivity contribution in [1.82, 2.24) is 10.2 Å². The number of carbonyl (C=O) groups excluding carboxylic acids is 2. The van der Waals surface area contributed by atoms with Gasteiger partial charge in [-0.2, -0.15) is 0 Å². The number of carbonyl (C=O) groups is 2. The summed E-state index contributed by atoms with van der Waals surface area (Å²) in [6, 6.07) is 17.0. The van der Waals surface area contributed by atoms with Crippen LogP contribution in [0.4, 0.5) is 0 Å². The molecule has 0 heterocycles. The Morgan fingerprint density at radius 3 is 2.45 bits per heavy atom. The fourth-order valence-electron chi connectivity index (χ4n) is 2.12. The predicted octanol–water partition coefficient (Wildman–Crippen LogP) is 2.38. The van der Waals surface area contributed by atoms with Crippen molar-refractivity contribution in [3.05, 3.63) is 71.3 Å². The van der Waals surface area contributed by atoms with Crippen molar-refractivity contribution in [2.45, 2.75) is 13.5 Å². The van der Waals surface area contributed by atoms with Gasteiger partial charge in [-0.05, 0) is 24.6 Å². The third-order valence-electron chi connectivity index (χ3n) is 3.37. The molecule has 0 aromatic heterocycles. The van der Waals surface area contributed by atoms with Gasteiger partial charge in [0.05, 0.1) is 6.54 Å². The zero-order chi connectivity index (χ0) is 15.9. The van der Waals surface area contributed by atoms with E-state index in [4.69, 9.17) is 0 Å². The van der Waals surface area contributed by atoms with E-state index in [1.165, 1.54) is 0 Å². The normalized spacial score (nSPS) is 10.1.